The lowest BCUT2D eigenvalue weighted by atomic mass is 10.2. The fraction of sp³-hybridized carbons (Fsp3) is 0.188. The first-order valence-electron chi connectivity index (χ1n) is 12.9. The van der Waals surface area contributed by atoms with Gasteiger partial charge in [-0.05, 0) is 87.4 Å². The number of benzene rings is 4. The van der Waals surface area contributed by atoms with Crippen molar-refractivity contribution in [1.82, 2.24) is 0 Å². The molecule has 0 spiro atoms. The molecule has 4 aromatic rings. The highest BCUT2D eigenvalue weighted by Gasteiger charge is 2.19. The van der Waals surface area contributed by atoms with Crippen LogP contribution in [-0.2, 0) is 9.59 Å². The van der Waals surface area contributed by atoms with Crippen molar-refractivity contribution < 1.29 is 19.1 Å². The highest BCUT2D eigenvalue weighted by Crippen LogP contribution is 2.34. The number of hydrogen-bond acceptors (Lipinski definition) is 4. The summed E-state index contributed by atoms with van der Waals surface area (Å²) >= 11 is 24.3. The zero-order valence-corrected chi connectivity index (χ0v) is 26.4. The molecule has 2 N–H and O–H groups in total. The molecular weight excluding hydrogens is 618 g/mol. The maximum Gasteiger partial charge on any atom is 0.265 e. The first-order valence-corrected chi connectivity index (χ1v) is 14.4. The van der Waals surface area contributed by atoms with E-state index in [1.165, 1.54) is 0 Å². The number of hydrogen-bond donors (Lipinski definition) is 2. The summed E-state index contributed by atoms with van der Waals surface area (Å²) in [6.45, 7) is 6.93. The summed E-state index contributed by atoms with van der Waals surface area (Å²) in [6, 6.07) is 25.1. The van der Waals surface area contributed by atoms with Gasteiger partial charge in [0, 0.05) is 21.4 Å². The van der Waals surface area contributed by atoms with E-state index in [0.29, 0.717) is 31.6 Å². The minimum absolute atomic E-state index is 0.245. The van der Waals surface area contributed by atoms with Crippen molar-refractivity contribution in [3.05, 3.63) is 116 Å². The van der Waals surface area contributed by atoms with Crippen molar-refractivity contribution in [2.45, 2.75) is 39.9 Å². The third kappa shape index (κ3) is 9.30. The Morgan fingerprint density at radius 2 is 0.905 bits per heavy atom. The topological polar surface area (TPSA) is 76.7 Å². The molecule has 4 aromatic carbocycles. The van der Waals surface area contributed by atoms with Crippen molar-refractivity contribution in [3.8, 4) is 11.5 Å². The van der Waals surface area contributed by atoms with Crippen LogP contribution in [0.2, 0.25) is 20.1 Å². The lowest BCUT2D eigenvalue weighted by molar-refractivity contribution is -0.122. The van der Waals surface area contributed by atoms with Gasteiger partial charge in [0.25, 0.3) is 11.8 Å². The van der Waals surface area contributed by atoms with Gasteiger partial charge in [-0.15, -0.1) is 0 Å². The Labute approximate surface area is 265 Å². The maximum atomic E-state index is 12.1. The van der Waals surface area contributed by atoms with Crippen LogP contribution in [0.1, 0.15) is 25.0 Å². The van der Waals surface area contributed by atoms with E-state index in [1.807, 2.05) is 60.7 Å². The van der Waals surface area contributed by atoms with Gasteiger partial charge in [0.05, 0.1) is 10.0 Å². The monoisotopic (exact) mass is 646 g/mol. The predicted octanol–water partition coefficient (Wildman–Crippen LogP) is 9.42. The third-order valence-electron chi connectivity index (χ3n) is 6.00. The highest BCUT2D eigenvalue weighted by atomic mass is 35.5. The number of nitrogens with one attached hydrogen (secondary N) is 2. The van der Waals surface area contributed by atoms with Gasteiger partial charge in [-0.25, -0.2) is 0 Å². The summed E-state index contributed by atoms with van der Waals surface area (Å²) < 4.78 is 11.2. The molecule has 4 rings (SSSR count). The van der Waals surface area contributed by atoms with E-state index in [9.17, 15) is 9.59 Å². The molecule has 0 aliphatic carbocycles. The number of halogens is 4. The van der Waals surface area contributed by atoms with Crippen molar-refractivity contribution in [1.29, 1.82) is 0 Å². The number of amides is 2. The van der Waals surface area contributed by atoms with E-state index < -0.39 is 12.2 Å². The number of rotatable bonds is 8. The Balaban J connectivity index is 0.000000230. The number of para-hydroxylation sites is 2. The largest absolute Gasteiger partial charge is 0.479 e. The normalized spacial score (nSPS) is 11.8. The fourth-order valence-electron chi connectivity index (χ4n) is 3.47. The van der Waals surface area contributed by atoms with Crippen LogP contribution in [0.4, 0.5) is 11.4 Å². The first kappa shape index (κ1) is 33.1. The third-order valence-corrected chi connectivity index (χ3v) is 7.76. The van der Waals surface area contributed by atoms with E-state index >= 15 is 0 Å². The Morgan fingerprint density at radius 3 is 1.24 bits per heavy atom. The highest BCUT2D eigenvalue weighted by molar-refractivity contribution is 6.37. The average Bonchev–Trinajstić information content (AvgIpc) is 2.99. The van der Waals surface area contributed by atoms with E-state index in [-0.39, 0.29) is 11.8 Å². The number of ether oxygens (including phenoxy) is 2. The van der Waals surface area contributed by atoms with Gasteiger partial charge in [-0.2, -0.15) is 0 Å². The zero-order valence-electron chi connectivity index (χ0n) is 23.4. The van der Waals surface area contributed by atoms with Crippen molar-refractivity contribution in [2.24, 2.45) is 0 Å². The molecule has 10 heteroatoms. The molecular formula is C32H30Cl4N2O4. The lowest BCUT2D eigenvalue weighted by Gasteiger charge is -2.16. The van der Waals surface area contributed by atoms with E-state index in [0.717, 1.165) is 22.5 Å². The van der Waals surface area contributed by atoms with Crippen LogP contribution in [0.5, 0.6) is 11.5 Å². The Bertz CT molecular complexity index is 1400. The second kappa shape index (κ2) is 15.7. The first-order chi connectivity index (χ1) is 20.0. The molecule has 42 heavy (non-hydrogen) atoms. The summed E-state index contributed by atoms with van der Waals surface area (Å²) in [7, 11) is 0. The standard InChI is InChI=1S/2C16H15Cl2NO2/c2*1-10-13(17)8-9-14(15(10)18)21-11(2)16(20)19-12-6-4-3-5-7-12/h2*3-9,11H,1-2H3,(H,19,20). The molecule has 6 nitrogen and oxygen atoms in total. The second-order valence-corrected chi connectivity index (χ2v) is 10.8. The van der Waals surface area contributed by atoms with Crippen molar-refractivity contribution >= 4 is 69.6 Å². The zero-order chi connectivity index (χ0) is 30.8. The Hall–Kier alpha value is -3.42. The molecule has 0 fully saturated rings. The summed E-state index contributed by atoms with van der Waals surface area (Å²) in [4.78, 5) is 24.1. The second-order valence-electron chi connectivity index (χ2n) is 9.20. The number of carbonyl (C=O) groups is 2. The predicted molar refractivity (Wildman–Crippen MR) is 173 cm³/mol. The molecule has 0 radical (unpaired) electrons. The summed E-state index contributed by atoms with van der Waals surface area (Å²) in [6.07, 6.45) is -1.36. The molecule has 220 valence electrons. The van der Waals surface area contributed by atoms with Gasteiger partial charge in [-0.3, -0.25) is 9.59 Å². The number of carbonyl (C=O) groups excluding carboxylic acids is 2. The molecule has 0 aliphatic rings. The summed E-state index contributed by atoms with van der Waals surface area (Å²) in [5, 5.41) is 7.51. The quantitative estimate of drug-likeness (QED) is 0.200. The van der Waals surface area contributed by atoms with Crippen molar-refractivity contribution in [3.63, 3.8) is 0 Å². The molecule has 0 saturated heterocycles. The molecule has 0 aliphatic heterocycles. The van der Waals surface area contributed by atoms with Gasteiger partial charge >= 0.3 is 0 Å². The van der Waals surface area contributed by atoms with Crippen LogP contribution in [0.25, 0.3) is 0 Å². The maximum absolute atomic E-state index is 12.1. The number of anilines is 2. The fourth-order valence-corrected chi connectivity index (χ4v) is 4.30. The molecule has 0 aromatic heterocycles. The molecule has 0 heterocycles. The minimum atomic E-state index is -0.678. The molecule has 0 bridgehead atoms. The molecule has 2 unspecified atom stereocenters. The molecule has 2 amide bonds. The SMILES string of the molecule is Cc1c(Cl)ccc(OC(C)C(=O)Nc2ccccc2)c1Cl.Cc1c(Cl)ccc(OC(C)C(=O)Nc2ccccc2)c1Cl. The molecule has 2 atom stereocenters. The summed E-state index contributed by atoms with van der Waals surface area (Å²) in [5.41, 5.74) is 2.89. The minimum Gasteiger partial charge on any atom is -0.479 e. The molecule has 0 saturated carbocycles. The smallest absolute Gasteiger partial charge is 0.265 e. The van der Waals surface area contributed by atoms with Crippen LogP contribution >= 0.6 is 46.4 Å². The van der Waals surface area contributed by atoms with E-state index in [4.69, 9.17) is 55.9 Å². The van der Waals surface area contributed by atoms with Crippen LogP contribution < -0.4 is 20.1 Å². The van der Waals surface area contributed by atoms with Crippen LogP contribution in [0, 0.1) is 13.8 Å². The van der Waals surface area contributed by atoms with Gasteiger partial charge in [-0.1, -0.05) is 82.8 Å². The van der Waals surface area contributed by atoms with E-state index in [1.54, 1.807) is 52.0 Å². The lowest BCUT2D eigenvalue weighted by Crippen LogP contribution is -2.30. The Kier molecular flexibility index (Phi) is 12.4. The van der Waals surface area contributed by atoms with Crippen LogP contribution in [0.15, 0.2) is 84.9 Å². The van der Waals surface area contributed by atoms with Crippen molar-refractivity contribution in [2.75, 3.05) is 10.6 Å². The van der Waals surface area contributed by atoms with Gasteiger partial charge in [0.1, 0.15) is 11.5 Å². The van der Waals surface area contributed by atoms with Gasteiger partial charge in [0.2, 0.25) is 0 Å². The van der Waals surface area contributed by atoms with Crippen LogP contribution in [0.3, 0.4) is 0 Å². The van der Waals surface area contributed by atoms with E-state index in [2.05, 4.69) is 10.6 Å². The Morgan fingerprint density at radius 1 is 0.571 bits per heavy atom. The average molecular weight is 648 g/mol. The van der Waals surface area contributed by atoms with Gasteiger partial charge in [0.15, 0.2) is 12.2 Å². The van der Waals surface area contributed by atoms with Gasteiger partial charge < -0.3 is 20.1 Å². The summed E-state index contributed by atoms with van der Waals surface area (Å²) in [5.74, 6) is 0.387. The van der Waals surface area contributed by atoms with Crippen LogP contribution in [-0.4, -0.2) is 24.0 Å².